The first kappa shape index (κ1) is 13.4. The number of nitrogens with one attached hydrogen (secondary N) is 1. The molecule has 0 aliphatic rings. The van der Waals surface area contributed by atoms with Crippen LogP contribution in [0, 0.1) is 12.3 Å². The predicted octanol–water partition coefficient (Wildman–Crippen LogP) is 2.09. The highest BCUT2D eigenvalue weighted by molar-refractivity contribution is 5.76. The highest BCUT2D eigenvalue weighted by Gasteiger charge is 2.43. The van der Waals surface area contributed by atoms with Gasteiger partial charge in [0.05, 0.1) is 11.0 Å². The van der Waals surface area contributed by atoms with Gasteiger partial charge in [-0.2, -0.15) is 0 Å². The van der Waals surface area contributed by atoms with Crippen molar-refractivity contribution >= 4 is 11.9 Å². The van der Waals surface area contributed by atoms with Gasteiger partial charge < -0.3 is 10.4 Å². The average molecular weight is 237 g/mol. The van der Waals surface area contributed by atoms with Crippen molar-refractivity contribution in [2.45, 2.75) is 40.2 Å². The molecule has 5 heteroatoms. The molecule has 0 aliphatic carbocycles. The Morgan fingerprint density at radius 3 is 2.12 bits per heavy atom. The third-order valence-electron chi connectivity index (χ3n) is 3.30. The Morgan fingerprint density at radius 1 is 1.24 bits per heavy atom. The normalized spacial score (nSPS) is 12.3. The first-order valence-corrected chi connectivity index (χ1v) is 5.47. The van der Waals surface area contributed by atoms with E-state index in [1.54, 1.807) is 26.2 Å². The fraction of sp³-hybridized carbons (Fsp3) is 0.583. The Kier molecular flexibility index (Phi) is 3.40. The number of aromatic nitrogens is 2. The third kappa shape index (κ3) is 2.72. The number of anilines is 1. The second-order valence-electron chi connectivity index (χ2n) is 5.26. The molecule has 0 saturated carbocycles. The molecule has 1 aromatic rings. The van der Waals surface area contributed by atoms with E-state index in [2.05, 4.69) is 15.3 Å². The molecule has 0 unspecified atom stereocenters. The fourth-order valence-electron chi connectivity index (χ4n) is 1.16. The molecule has 0 atom stereocenters. The summed E-state index contributed by atoms with van der Waals surface area (Å²) in [6.07, 6.45) is 3.39. The maximum absolute atomic E-state index is 11.2. The highest BCUT2D eigenvalue weighted by Crippen LogP contribution is 2.33. The van der Waals surface area contributed by atoms with Crippen molar-refractivity contribution in [1.82, 2.24) is 9.97 Å². The van der Waals surface area contributed by atoms with Gasteiger partial charge in [0.25, 0.3) is 0 Å². The van der Waals surface area contributed by atoms with Gasteiger partial charge in [-0.3, -0.25) is 4.79 Å². The molecule has 2 N–H and O–H groups in total. The van der Waals surface area contributed by atoms with Crippen LogP contribution >= 0.6 is 0 Å². The Bertz CT molecular complexity index is 410. The van der Waals surface area contributed by atoms with Crippen LogP contribution in [0.2, 0.25) is 0 Å². The van der Waals surface area contributed by atoms with E-state index in [4.69, 9.17) is 0 Å². The number of hydrogen-bond donors (Lipinski definition) is 2. The van der Waals surface area contributed by atoms with E-state index in [0.29, 0.717) is 5.95 Å². The molecular formula is C12H19N3O2. The van der Waals surface area contributed by atoms with Crippen molar-refractivity contribution in [1.29, 1.82) is 0 Å². The van der Waals surface area contributed by atoms with Crippen LogP contribution in [0.3, 0.4) is 0 Å². The quantitative estimate of drug-likeness (QED) is 0.838. The molecule has 0 saturated heterocycles. The molecule has 0 fully saturated rings. The lowest BCUT2D eigenvalue weighted by Gasteiger charge is -2.38. The maximum atomic E-state index is 11.2. The Hall–Kier alpha value is -1.65. The molecule has 0 spiro atoms. The largest absolute Gasteiger partial charge is 0.481 e. The van der Waals surface area contributed by atoms with Gasteiger partial charge in [-0.15, -0.1) is 0 Å². The van der Waals surface area contributed by atoms with Gasteiger partial charge in [-0.1, -0.05) is 0 Å². The van der Waals surface area contributed by atoms with E-state index in [9.17, 15) is 9.90 Å². The van der Waals surface area contributed by atoms with Crippen molar-refractivity contribution in [2.75, 3.05) is 5.32 Å². The summed E-state index contributed by atoms with van der Waals surface area (Å²) in [4.78, 5) is 19.5. The number of hydrogen-bond acceptors (Lipinski definition) is 4. The van der Waals surface area contributed by atoms with Crippen LogP contribution < -0.4 is 5.32 Å². The van der Waals surface area contributed by atoms with E-state index >= 15 is 0 Å². The van der Waals surface area contributed by atoms with Crippen LogP contribution in [0.5, 0.6) is 0 Å². The zero-order valence-corrected chi connectivity index (χ0v) is 10.9. The van der Waals surface area contributed by atoms with E-state index in [-0.39, 0.29) is 0 Å². The lowest BCUT2D eigenvalue weighted by Crippen LogP contribution is -2.50. The molecule has 0 bridgehead atoms. The van der Waals surface area contributed by atoms with E-state index in [1.165, 1.54) is 0 Å². The van der Waals surface area contributed by atoms with Crippen LogP contribution in [0.1, 0.15) is 33.3 Å². The summed E-state index contributed by atoms with van der Waals surface area (Å²) in [5, 5.41) is 12.3. The standard InChI is InChI=1S/C12H19N3O2/c1-8-6-13-10(14-7-8)15-12(4,5)11(2,3)9(16)17/h6-7H,1-5H3,(H,16,17)(H,13,14,15). The van der Waals surface area contributed by atoms with Crippen molar-refractivity contribution in [3.05, 3.63) is 18.0 Å². The van der Waals surface area contributed by atoms with E-state index in [1.807, 2.05) is 20.8 Å². The zero-order valence-electron chi connectivity index (χ0n) is 10.9. The molecule has 0 aliphatic heterocycles. The molecule has 0 radical (unpaired) electrons. The van der Waals surface area contributed by atoms with E-state index in [0.717, 1.165) is 5.56 Å². The molecular weight excluding hydrogens is 218 g/mol. The number of carboxylic acids is 1. The summed E-state index contributed by atoms with van der Waals surface area (Å²) >= 11 is 0. The molecule has 1 heterocycles. The van der Waals surface area contributed by atoms with Gasteiger partial charge in [0.1, 0.15) is 0 Å². The summed E-state index contributed by atoms with van der Waals surface area (Å²) in [6.45, 7) is 8.90. The SMILES string of the molecule is Cc1cnc(NC(C)(C)C(C)(C)C(=O)O)nc1. The Labute approximate surface area is 101 Å². The first-order valence-electron chi connectivity index (χ1n) is 5.47. The number of aryl methyl sites for hydroxylation is 1. The van der Waals surface area contributed by atoms with E-state index < -0.39 is 16.9 Å². The van der Waals surface area contributed by atoms with Gasteiger partial charge in [-0.25, -0.2) is 9.97 Å². The molecule has 1 rings (SSSR count). The minimum atomic E-state index is -0.929. The second kappa shape index (κ2) is 4.31. The van der Waals surface area contributed by atoms with Crippen molar-refractivity contribution in [3.8, 4) is 0 Å². The predicted molar refractivity (Wildman–Crippen MR) is 65.9 cm³/mol. The molecule has 94 valence electrons. The van der Waals surface area contributed by atoms with Crippen LogP contribution in [0.4, 0.5) is 5.95 Å². The minimum absolute atomic E-state index is 0.440. The minimum Gasteiger partial charge on any atom is -0.481 e. The van der Waals surface area contributed by atoms with Gasteiger partial charge >= 0.3 is 5.97 Å². The van der Waals surface area contributed by atoms with Gasteiger partial charge in [0, 0.05) is 12.4 Å². The van der Waals surface area contributed by atoms with Crippen molar-refractivity contribution in [3.63, 3.8) is 0 Å². The van der Waals surface area contributed by atoms with Gasteiger partial charge in [0.15, 0.2) is 0 Å². The summed E-state index contributed by atoms with van der Waals surface area (Å²) in [5.74, 6) is -0.419. The van der Waals surface area contributed by atoms with Gasteiger partial charge in [-0.05, 0) is 40.2 Å². The average Bonchev–Trinajstić information content (AvgIpc) is 2.20. The molecule has 5 nitrogen and oxygen atoms in total. The number of aliphatic carboxylic acids is 1. The fourth-order valence-corrected chi connectivity index (χ4v) is 1.16. The lowest BCUT2D eigenvalue weighted by molar-refractivity contribution is -0.149. The second-order valence-corrected chi connectivity index (χ2v) is 5.26. The smallest absolute Gasteiger partial charge is 0.311 e. The molecule has 0 aromatic carbocycles. The Balaban J connectivity index is 2.93. The molecule has 17 heavy (non-hydrogen) atoms. The summed E-state index contributed by atoms with van der Waals surface area (Å²) in [7, 11) is 0. The topological polar surface area (TPSA) is 75.1 Å². The van der Waals surface area contributed by atoms with Gasteiger partial charge in [0.2, 0.25) is 5.95 Å². The van der Waals surface area contributed by atoms with Crippen molar-refractivity contribution in [2.24, 2.45) is 5.41 Å². The summed E-state index contributed by atoms with van der Waals surface area (Å²) < 4.78 is 0. The Morgan fingerprint density at radius 2 is 1.71 bits per heavy atom. The maximum Gasteiger partial charge on any atom is 0.311 e. The van der Waals surface area contributed by atoms with Crippen LogP contribution in [-0.4, -0.2) is 26.6 Å². The molecule has 1 aromatic heterocycles. The number of carbonyl (C=O) groups is 1. The summed E-state index contributed by atoms with van der Waals surface area (Å²) in [5.41, 5.74) is -0.624. The van der Waals surface area contributed by atoms with Crippen LogP contribution in [0.25, 0.3) is 0 Å². The third-order valence-corrected chi connectivity index (χ3v) is 3.30. The first-order chi connectivity index (χ1) is 7.67. The lowest BCUT2D eigenvalue weighted by atomic mass is 9.74. The summed E-state index contributed by atoms with van der Waals surface area (Å²) in [6, 6.07) is 0. The monoisotopic (exact) mass is 237 g/mol. The number of nitrogens with zero attached hydrogens (tertiary/aromatic N) is 2. The molecule has 0 amide bonds. The highest BCUT2D eigenvalue weighted by atomic mass is 16.4. The van der Waals surface area contributed by atoms with Crippen molar-refractivity contribution < 1.29 is 9.90 Å². The number of rotatable bonds is 4. The zero-order chi connectivity index (χ0) is 13.3. The van der Waals surface area contributed by atoms with Crippen LogP contribution in [-0.2, 0) is 4.79 Å². The van der Waals surface area contributed by atoms with Crippen LogP contribution in [0.15, 0.2) is 12.4 Å². The number of carboxylic acid groups (broad SMARTS) is 1.